The second kappa shape index (κ2) is 9.18. The standard InChI is InChI=1S/C23H19Cl3N4O/c1-15-21(22(31)27-11-10-16-4-6-17(24)7-5-16)28-30(23(15)29-12-2-3-13-29)20-9-8-18(25)14-19(20)26/h2-9,12-14H,10-11H2,1H3,(H,27,31). The number of amides is 1. The molecule has 0 aliphatic heterocycles. The van der Waals surface area contributed by atoms with E-state index < -0.39 is 0 Å². The number of hydrogen-bond donors (Lipinski definition) is 1. The van der Waals surface area contributed by atoms with Crippen LogP contribution in [0, 0.1) is 6.92 Å². The molecule has 0 fully saturated rings. The molecular formula is C23H19Cl3N4O. The zero-order valence-electron chi connectivity index (χ0n) is 16.6. The summed E-state index contributed by atoms with van der Waals surface area (Å²) in [6.45, 7) is 2.35. The maximum absolute atomic E-state index is 12.9. The lowest BCUT2D eigenvalue weighted by molar-refractivity contribution is 0.0948. The lowest BCUT2D eigenvalue weighted by atomic mass is 10.1. The molecule has 1 N–H and O–H groups in total. The van der Waals surface area contributed by atoms with E-state index in [4.69, 9.17) is 34.8 Å². The van der Waals surface area contributed by atoms with E-state index in [1.165, 1.54) is 0 Å². The minimum Gasteiger partial charge on any atom is -0.350 e. The highest BCUT2D eigenvalue weighted by atomic mass is 35.5. The molecule has 0 aliphatic rings. The van der Waals surface area contributed by atoms with Gasteiger partial charge in [0.1, 0.15) is 5.82 Å². The molecule has 0 spiro atoms. The molecule has 2 aromatic carbocycles. The first-order chi connectivity index (χ1) is 14.9. The van der Waals surface area contributed by atoms with E-state index in [9.17, 15) is 4.79 Å². The molecule has 4 rings (SSSR count). The molecule has 31 heavy (non-hydrogen) atoms. The van der Waals surface area contributed by atoms with Crippen molar-refractivity contribution >= 4 is 40.7 Å². The minimum atomic E-state index is -0.247. The van der Waals surface area contributed by atoms with E-state index in [0.29, 0.717) is 39.4 Å². The fourth-order valence-corrected chi connectivity index (χ4v) is 3.97. The Bertz CT molecular complexity index is 1210. The van der Waals surface area contributed by atoms with Crippen LogP contribution in [0.25, 0.3) is 11.5 Å². The van der Waals surface area contributed by atoms with Crippen LogP contribution in [0.5, 0.6) is 0 Å². The van der Waals surface area contributed by atoms with Crippen molar-refractivity contribution in [2.45, 2.75) is 13.3 Å². The second-order valence-electron chi connectivity index (χ2n) is 7.03. The fraction of sp³-hybridized carbons (Fsp3) is 0.130. The van der Waals surface area contributed by atoms with E-state index in [2.05, 4.69) is 10.4 Å². The smallest absolute Gasteiger partial charge is 0.272 e. The van der Waals surface area contributed by atoms with E-state index >= 15 is 0 Å². The molecule has 2 aromatic heterocycles. The predicted octanol–water partition coefficient (Wildman–Crippen LogP) is 5.90. The summed E-state index contributed by atoms with van der Waals surface area (Å²) in [6, 6.07) is 16.6. The normalized spacial score (nSPS) is 11.0. The van der Waals surface area contributed by atoms with Crippen LogP contribution in [0.2, 0.25) is 15.1 Å². The number of nitrogens with one attached hydrogen (secondary N) is 1. The van der Waals surface area contributed by atoms with E-state index in [1.54, 1.807) is 22.9 Å². The molecule has 0 saturated heterocycles. The molecule has 0 saturated carbocycles. The average Bonchev–Trinajstić information content (AvgIpc) is 3.37. The van der Waals surface area contributed by atoms with Gasteiger partial charge in [0.05, 0.1) is 10.7 Å². The van der Waals surface area contributed by atoms with Crippen molar-refractivity contribution in [1.29, 1.82) is 0 Å². The fourth-order valence-electron chi connectivity index (χ4n) is 3.36. The molecule has 1 amide bonds. The number of benzene rings is 2. The van der Waals surface area contributed by atoms with Gasteiger partial charge in [-0.2, -0.15) is 5.10 Å². The van der Waals surface area contributed by atoms with Gasteiger partial charge < -0.3 is 9.88 Å². The Morgan fingerprint density at radius 3 is 2.35 bits per heavy atom. The summed E-state index contributed by atoms with van der Waals surface area (Å²) in [6.07, 6.45) is 4.48. The molecule has 2 heterocycles. The first kappa shape index (κ1) is 21.5. The predicted molar refractivity (Wildman–Crippen MR) is 125 cm³/mol. The van der Waals surface area contributed by atoms with Gasteiger partial charge in [-0.15, -0.1) is 0 Å². The molecule has 0 atom stereocenters. The van der Waals surface area contributed by atoms with Gasteiger partial charge in [0.15, 0.2) is 5.69 Å². The van der Waals surface area contributed by atoms with Gasteiger partial charge in [-0.05, 0) is 61.4 Å². The first-order valence-electron chi connectivity index (χ1n) is 9.65. The van der Waals surface area contributed by atoms with Crippen LogP contribution < -0.4 is 5.32 Å². The Morgan fingerprint density at radius 1 is 1.00 bits per heavy atom. The number of carbonyl (C=O) groups excluding carboxylic acids is 1. The van der Waals surface area contributed by atoms with E-state index in [0.717, 1.165) is 16.9 Å². The van der Waals surface area contributed by atoms with Crippen LogP contribution >= 0.6 is 34.8 Å². The number of nitrogens with zero attached hydrogens (tertiary/aromatic N) is 3. The van der Waals surface area contributed by atoms with Gasteiger partial charge in [-0.1, -0.05) is 46.9 Å². The molecule has 8 heteroatoms. The Kier molecular flexibility index (Phi) is 6.37. The molecule has 0 aliphatic carbocycles. The van der Waals surface area contributed by atoms with E-state index in [-0.39, 0.29) is 5.91 Å². The molecule has 0 radical (unpaired) electrons. The number of aromatic nitrogens is 3. The summed E-state index contributed by atoms with van der Waals surface area (Å²) in [5, 5.41) is 9.21. The zero-order valence-corrected chi connectivity index (χ0v) is 18.9. The van der Waals surface area contributed by atoms with Gasteiger partial charge >= 0.3 is 0 Å². The van der Waals surface area contributed by atoms with Crippen molar-refractivity contribution in [1.82, 2.24) is 19.7 Å². The van der Waals surface area contributed by atoms with E-state index in [1.807, 2.05) is 60.3 Å². The first-order valence-corrected chi connectivity index (χ1v) is 10.8. The Morgan fingerprint density at radius 2 is 1.68 bits per heavy atom. The third-order valence-corrected chi connectivity index (χ3v) is 5.70. The van der Waals surface area contributed by atoms with Crippen LogP contribution in [-0.2, 0) is 6.42 Å². The molecule has 0 bridgehead atoms. The van der Waals surface area contributed by atoms with Crippen LogP contribution in [0.15, 0.2) is 67.0 Å². The molecule has 5 nitrogen and oxygen atoms in total. The summed E-state index contributed by atoms with van der Waals surface area (Å²) in [5.41, 5.74) is 2.81. The highest BCUT2D eigenvalue weighted by Crippen LogP contribution is 2.29. The van der Waals surface area contributed by atoms with Crippen LogP contribution in [0.3, 0.4) is 0 Å². The molecule has 158 valence electrons. The van der Waals surface area contributed by atoms with Gasteiger partial charge in [0.2, 0.25) is 0 Å². The Hall–Kier alpha value is -2.73. The topological polar surface area (TPSA) is 51.9 Å². The maximum atomic E-state index is 12.9. The lowest BCUT2D eigenvalue weighted by Crippen LogP contribution is -2.26. The largest absolute Gasteiger partial charge is 0.350 e. The van der Waals surface area contributed by atoms with Gasteiger partial charge in [-0.25, -0.2) is 4.68 Å². The minimum absolute atomic E-state index is 0.247. The van der Waals surface area contributed by atoms with Crippen molar-refractivity contribution in [3.8, 4) is 11.5 Å². The molecule has 0 unspecified atom stereocenters. The highest BCUT2D eigenvalue weighted by Gasteiger charge is 2.23. The monoisotopic (exact) mass is 472 g/mol. The third kappa shape index (κ3) is 4.64. The van der Waals surface area contributed by atoms with Crippen LogP contribution in [0.4, 0.5) is 0 Å². The van der Waals surface area contributed by atoms with Crippen molar-refractivity contribution in [3.05, 3.63) is 98.9 Å². The lowest BCUT2D eigenvalue weighted by Gasteiger charge is -2.11. The molecular weight excluding hydrogens is 455 g/mol. The highest BCUT2D eigenvalue weighted by molar-refractivity contribution is 6.35. The zero-order chi connectivity index (χ0) is 22.0. The number of rotatable bonds is 6. The summed E-state index contributed by atoms with van der Waals surface area (Å²) in [4.78, 5) is 12.9. The number of hydrogen-bond acceptors (Lipinski definition) is 2. The third-order valence-electron chi connectivity index (χ3n) is 4.91. The Labute approximate surface area is 195 Å². The van der Waals surface area contributed by atoms with Crippen molar-refractivity contribution in [2.24, 2.45) is 0 Å². The van der Waals surface area contributed by atoms with Gasteiger partial charge in [-0.3, -0.25) is 4.79 Å². The summed E-state index contributed by atoms with van der Waals surface area (Å²) in [7, 11) is 0. The van der Waals surface area contributed by atoms with Crippen molar-refractivity contribution in [3.63, 3.8) is 0 Å². The van der Waals surface area contributed by atoms with Gasteiger partial charge in [0.25, 0.3) is 5.91 Å². The summed E-state index contributed by atoms with van der Waals surface area (Å²) >= 11 is 18.4. The number of carbonyl (C=O) groups is 1. The summed E-state index contributed by atoms with van der Waals surface area (Å²) < 4.78 is 3.57. The molecule has 4 aromatic rings. The Balaban J connectivity index is 1.63. The van der Waals surface area contributed by atoms with Crippen LogP contribution in [-0.4, -0.2) is 26.8 Å². The van der Waals surface area contributed by atoms with Crippen LogP contribution in [0.1, 0.15) is 21.6 Å². The van der Waals surface area contributed by atoms with Gasteiger partial charge in [0, 0.05) is 34.5 Å². The average molecular weight is 474 g/mol. The SMILES string of the molecule is Cc1c(C(=O)NCCc2ccc(Cl)cc2)nn(-c2ccc(Cl)cc2Cl)c1-n1cccc1. The van der Waals surface area contributed by atoms with Crippen molar-refractivity contribution in [2.75, 3.05) is 6.54 Å². The summed E-state index contributed by atoms with van der Waals surface area (Å²) in [5.74, 6) is 0.487. The second-order valence-corrected chi connectivity index (χ2v) is 8.31. The van der Waals surface area contributed by atoms with Crippen molar-refractivity contribution < 1.29 is 4.79 Å². The quantitative estimate of drug-likeness (QED) is 0.379. The maximum Gasteiger partial charge on any atom is 0.272 e. The number of halogens is 3.